The normalized spacial score (nSPS) is 30.2. The van der Waals surface area contributed by atoms with Crippen molar-refractivity contribution in [2.24, 2.45) is 5.92 Å². The number of hydrogen-bond donors (Lipinski definition) is 0. The number of esters is 1. The summed E-state index contributed by atoms with van der Waals surface area (Å²) in [4.78, 5) is 23.8. The molecular formula is C27H36O5. The molecule has 4 atom stereocenters. The molecule has 0 bridgehead atoms. The Kier molecular flexibility index (Phi) is 7.73. The first kappa shape index (κ1) is 24.4. The lowest BCUT2D eigenvalue weighted by atomic mass is 9.79. The molecule has 0 aromatic heterocycles. The van der Waals surface area contributed by atoms with Gasteiger partial charge in [0, 0.05) is 19.3 Å². The van der Waals surface area contributed by atoms with Gasteiger partial charge in [0.15, 0.2) is 5.78 Å². The SMILES string of the molecule is CC(=O)OCC1=C[C@@]2(C=C(C)C[C@H](/C=C(\C)CCC=C(C)C)O2)O[C@H]2C=C(C)C(=O)C[C@@H]12. The van der Waals surface area contributed by atoms with Crippen molar-refractivity contribution in [2.45, 2.75) is 85.2 Å². The summed E-state index contributed by atoms with van der Waals surface area (Å²) in [6.45, 7) is 11.8. The molecule has 0 aromatic rings. The molecule has 5 heteroatoms. The topological polar surface area (TPSA) is 61.8 Å². The Morgan fingerprint density at radius 2 is 1.91 bits per heavy atom. The summed E-state index contributed by atoms with van der Waals surface area (Å²) in [6, 6.07) is 0. The van der Waals surface area contributed by atoms with E-state index < -0.39 is 5.79 Å². The molecular weight excluding hydrogens is 404 g/mol. The lowest BCUT2D eigenvalue weighted by Gasteiger charge is -2.45. The van der Waals surface area contributed by atoms with E-state index in [4.69, 9.17) is 14.2 Å². The Labute approximate surface area is 191 Å². The number of rotatable bonds is 6. The van der Waals surface area contributed by atoms with E-state index in [1.54, 1.807) is 0 Å². The summed E-state index contributed by atoms with van der Waals surface area (Å²) in [5.74, 6) is -1.42. The third-order valence-electron chi connectivity index (χ3n) is 6.15. The highest BCUT2D eigenvalue weighted by atomic mass is 16.7. The molecule has 2 heterocycles. The van der Waals surface area contributed by atoms with E-state index >= 15 is 0 Å². The summed E-state index contributed by atoms with van der Waals surface area (Å²) in [7, 11) is 0. The standard InChI is InChI=1S/C27H36O5/c1-17(2)8-7-9-18(3)10-23-11-19(4)14-27(31-23)15-22(16-30-21(6)28)24-13-25(29)20(5)12-26(24)32-27/h8,10,12,14-15,23-24,26H,7,9,11,13,16H2,1-6H3/b18-10+/t23-,24-,26-,27+/m0/s1. The Hall–Kier alpha value is -2.24. The van der Waals surface area contributed by atoms with Crippen LogP contribution in [-0.2, 0) is 23.8 Å². The van der Waals surface area contributed by atoms with E-state index in [1.807, 2.05) is 25.2 Å². The zero-order valence-corrected chi connectivity index (χ0v) is 20.2. The maximum Gasteiger partial charge on any atom is 0.302 e. The minimum absolute atomic E-state index is 0.101. The summed E-state index contributed by atoms with van der Waals surface area (Å²) in [5, 5.41) is 0. The highest BCUT2D eigenvalue weighted by Crippen LogP contribution is 2.42. The van der Waals surface area contributed by atoms with Gasteiger partial charge < -0.3 is 14.2 Å². The van der Waals surface area contributed by atoms with Crippen LogP contribution in [0, 0.1) is 5.92 Å². The molecule has 3 rings (SSSR count). The number of allylic oxidation sites excluding steroid dienone is 4. The van der Waals surface area contributed by atoms with Crippen molar-refractivity contribution in [3.05, 3.63) is 58.2 Å². The molecule has 0 amide bonds. The fourth-order valence-corrected chi connectivity index (χ4v) is 4.59. The molecule has 174 valence electrons. The van der Waals surface area contributed by atoms with E-state index in [-0.39, 0.29) is 36.5 Å². The van der Waals surface area contributed by atoms with Crippen molar-refractivity contribution in [3.8, 4) is 0 Å². The molecule has 3 aliphatic rings. The van der Waals surface area contributed by atoms with Gasteiger partial charge in [0.2, 0.25) is 5.79 Å². The third-order valence-corrected chi connectivity index (χ3v) is 6.15. The van der Waals surface area contributed by atoms with Crippen LogP contribution in [0.3, 0.4) is 0 Å². The summed E-state index contributed by atoms with van der Waals surface area (Å²) >= 11 is 0. The number of Topliss-reactive ketones (excluding diaryl/α,β-unsaturated/α-hetero) is 1. The minimum atomic E-state index is -1.03. The van der Waals surface area contributed by atoms with Crippen LogP contribution in [0.25, 0.3) is 0 Å². The van der Waals surface area contributed by atoms with Crippen molar-refractivity contribution < 1.29 is 23.8 Å². The molecule has 0 unspecified atom stereocenters. The highest BCUT2D eigenvalue weighted by Gasteiger charge is 2.45. The monoisotopic (exact) mass is 440 g/mol. The number of carbonyl (C=O) groups is 2. The van der Waals surface area contributed by atoms with Gasteiger partial charge in [-0.25, -0.2) is 0 Å². The van der Waals surface area contributed by atoms with Crippen molar-refractivity contribution in [3.63, 3.8) is 0 Å². The lowest BCUT2D eigenvalue weighted by molar-refractivity contribution is -0.225. The van der Waals surface area contributed by atoms with Crippen molar-refractivity contribution in [1.29, 1.82) is 0 Å². The number of hydrogen-bond acceptors (Lipinski definition) is 5. The number of fused-ring (bicyclic) bond motifs is 1. The van der Waals surface area contributed by atoms with E-state index in [0.717, 1.165) is 24.8 Å². The lowest BCUT2D eigenvalue weighted by Crippen LogP contribution is -2.49. The molecule has 5 nitrogen and oxygen atoms in total. The number of ether oxygens (including phenoxy) is 3. The first-order valence-corrected chi connectivity index (χ1v) is 11.5. The summed E-state index contributed by atoms with van der Waals surface area (Å²) in [6.07, 6.45) is 13.0. The summed E-state index contributed by atoms with van der Waals surface area (Å²) in [5.41, 5.74) is 5.38. The molecule has 0 saturated carbocycles. The molecule has 0 saturated heterocycles. The van der Waals surface area contributed by atoms with Crippen molar-refractivity contribution in [1.82, 2.24) is 0 Å². The van der Waals surface area contributed by atoms with Gasteiger partial charge in [-0.05, 0) is 83.3 Å². The smallest absolute Gasteiger partial charge is 0.302 e. The fourth-order valence-electron chi connectivity index (χ4n) is 4.59. The highest BCUT2D eigenvalue weighted by molar-refractivity contribution is 5.96. The fraction of sp³-hybridized carbons (Fsp3) is 0.556. The molecule has 0 radical (unpaired) electrons. The molecule has 1 spiro atoms. The van der Waals surface area contributed by atoms with E-state index in [0.29, 0.717) is 12.0 Å². The quantitative estimate of drug-likeness (QED) is 0.401. The predicted octanol–water partition coefficient (Wildman–Crippen LogP) is 5.53. The van der Waals surface area contributed by atoms with Crippen LogP contribution < -0.4 is 0 Å². The average Bonchev–Trinajstić information content (AvgIpc) is 2.66. The van der Waals surface area contributed by atoms with Crippen LogP contribution >= 0.6 is 0 Å². The van der Waals surface area contributed by atoms with Crippen LogP contribution in [0.2, 0.25) is 0 Å². The molecule has 1 aliphatic carbocycles. The zero-order chi connectivity index (χ0) is 23.5. The first-order valence-electron chi connectivity index (χ1n) is 11.5. The van der Waals surface area contributed by atoms with E-state index in [9.17, 15) is 9.59 Å². The van der Waals surface area contributed by atoms with Gasteiger partial charge in [0.25, 0.3) is 0 Å². The van der Waals surface area contributed by atoms with E-state index in [2.05, 4.69) is 39.8 Å². The van der Waals surface area contributed by atoms with Gasteiger partial charge in [-0.2, -0.15) is 0 Å². The Morgan fingerprint density at radius 3 is 2.59 bits per heavy atom. The van der Waals surface area contributed by atoms with Gasteiger partial charge in [0.1, 0.15) is 6.61 Å². The predicted molar refractivity (Wildman–Crippen MR) is 125 cm³/mol. The largest absolute Gasteiger partial charge is 0.461 e. The third kappa shape index (κ3) is 6.17. The van der Waals surface area contributed by atoms with Gasteiger partial charge in [0.05, 0.1) is 12.2 Å². The maximum absolute atomic E-state index is 12.3. The molecule has 0 fully saturated rings. The van der Waals surface area contributed by atoms with Crippen LogP contribution in [0.5, 0.6) is 0 Å². The summed E-state index contributed by atoms with van der Waals surface area (Å²) < 4.78 is 18.3. The Balaban J connectivity index is 1.88. The van der Waals surface area contributed by atoms with Crippen molar-refractivity contribution >= 4 is 11.8 Å². The first-order chi connectivity index (χ1) is 15.1. The minimum Gasteiger partial charge on any atom is -0.461 e. The second kappa shape index (κ2) is 10.1. The van der Waals surface area contributed by atoms with Gasteiger partial charge in [-0.15, -0.1) is 0 Å². The van der Waals surface area contributed by atoms with Gasteiger partial charge in [-0.1, -0.05) is 28.9 Å². The zero-order valence-electron chi connectivity index (χ0n) is 20.2. The van der Waals surface area contributed by atoms with Crippen molar-refractivity contribution in [2.75, 3.05) is 6.61 Å². The average molecular weight is 441 g/mol. The van der Waals surface area contributed by atoms with E-state index in [1.165, 1.54) is 23.6 Å². The Bertz CT molecular complexity index is 912. The van der Waals surface area contributed by atoms with Gasteiger partial charge >= 0.3 is 5.97 Å². The van der Waals surface area contributed by atoms with Crippen LogP contribution in [-0.4, -0.2) is 36.4 Å². The molecule has 2 aliphatic heterocycles. The second-order valence-electron chi connectivity index (χ2n) is 9.57. The molecule has 0 aromatic carbocycles. The Morgan fingerprint density at radius 1 is 1.16 bits per heavy atom. The molecule has 0 N–H and O–H groups in total. The van der Waals surface area contributed by atoms with Gasteiger partial charge in [-0.3, -0.25) is 9.59 Å². The number of ketones is 1. The van der Waals surface area contributed by atoms with Crippen LogP contribution in [0.1, 0.15) is 67.2 Å². The van der Waals surface area contributed by atoms with Crippen LogP contribution in [0.4, 0.5) is 0 Å². The molecule has 32 heavy (non-hydrogen) atoms. The maximum atomic E-state index is 12.3. The second-order valence-corrected chi connectivity index (χ2v) is 9.57. The van der Waals surface area contributed by atoms with Crippen LogP contribution in [0.15, 0.2) is 58.2 Å². The number of carbonyl (C=O) groups excluding carboxylic acids is 2.